The largest absolute Gasteiger partial charge is 0.479 e. The molecular formula is C13H18N4O2. The van der Waals surface area contributed by atoms with Gasteiger partial charge in [0.1, 0.15) is 12.0 Å². The second-order valence-electron chi connectivity index (χ2n) is 5.09. The van der Waals surface area contributed by atoms with Crippen molar-refractivity contribution in [1.82, 2.24) is 9.97 Å². The highest BCUT2D eigenvalue weighted by Gasteiger charge is 2.34. The summed E-state index contributed by atoms with van der Waals surface area (Å²) in [5.41, 5.74) is 0.558. The van der Waals surface area contributed by atoms with Crippen LogP contribution in [0.3, 0.4) is 0 Å². The Morgan fingerprint density at radius 2 is 2.11 bits per heavy atom. The number of fused-ring (bicyclic) bond motifs is 2. The molecule has 1 aliphatic heterocycles. The monoisotopic (exact) mass is 262 g/mol. The molecule has 1 aromatic heterocycles. The third-order valence-electron chi connectivity index (χ3n) is 3.93. The van der Waals surface area contributed by atoms with E-state index in [2.05, 4.69) is 20.6 Å². The van der Waals surface area contributed by atoms with Gasteiger partial charge in [-0.25, -0.2) is 4.98 Å². The number of ether oxygens (including phenoxy) is 1. The van der Waals surface area contributed by atoms with Crippen molar-refractivity contribution < 1.29 is 9.53 Å². The molecule has 2 heterocycles. The van der Waals surface area contributed by atoms with Gasteiger partial charge in [-0.1, -0.05) is 19.3 Å². The summed E-state index contributed by atoms with van der Waals surface area (Å²) in [4.78, 5) is 20.6. The predicted octanol–water partition coefficient (Wildman–Crippen LogP) is 1.80. The first-order chi connectivity index (χ1) is 9.29. The fraction of sp³-hybridized carbons (Fsp3) is 0.615. The average molecular weight is 262 g/mol. The lowest BCUT2D eigenvalue weighted by atomic mass is 9.94. The highest BCUT2D eigenvalue weighted by molar-refractivity contribution is 5.98. The molecule has 2 atom stereocenters. The topological polar surface area (TPSA) is 76.1 Å². The first-order valence-corrected chi connectivity index (χ1v) is 6.76. The van der Waals surface area contributed by atoms with Crippen LogP contribution in [0.1, 0.15) is 32.1 Å². The Labute approximate surface area is 112 Å². The molecule has 1 fully saturated rings. The Hall–Kier alpha value is -1.85. The molecule has 2 unspecified atom stereocenters. The minimum absolute atomic E-state index is 0.00130. The van der Waals surface area contributed by atoms with E-state index < -0.39 is 0 Å². The molecule has 6 nitrogen and oxygen atoms in total. The minimum atomic E-state index is 0.00130. The van der Waals surface area contributed by atoms with E-state index in [0.717, 1.165) is 25.7 Å². The number of rotatable bonds is 1. The summed E-state index contributed by atoms with van der Waals surface area (Å²) >= 11 is 0. The van der Waals surface area contributed by atoms with Crippen molar-refractivity contribution in [1.29, 1.82) is 0 Å². The van der Waals surface area contributed by atoms with Crippen LogP contribution in [0, 0.1) is 5.92 Å². The number of nitrogens with zero attached hydrogens (tertiary/aromatic N) is 2. The molecular weight excluding hydrogens is 244 g/mol. The zero-order valence-corrected chi connectivity index (χ0v) is 11.0. The maximum atomic E-state index is 12.4. The second-order valence-corrected chi connectivity index (χ2v) is 5.09. The first-order valence-electron chi connectivity index (χ1n) is 6.76. The molecule has 3 rings (SSSR count). The molecule has 0 saturated heterocycles. The zero-order chi connectivity index (χ0) is 13.2. The van der Waals surface area contributed by atoms with Crippen LogP contribution in [0.5, 0.6) is 5.88 Å². The molecule has 1 amide bonds. The van der Waals surface area contributed by atoms with Crippen molar-refractivity contribution in [3.8, 4) is 5.88 Å². The van der Waals surface area contributed by atoms with Gasteiger partial charge in [-0.2, -0.15) is 4.98 Å². The minimum Gasteiger partial charge on any atom is -0.479 e. The number of hydrogen-bond acceptors (Lipinski definition) is 5. The van der Waals surface area contributed by atoms with E-state index in [1.807, 2.05) is 0 Å². The van der Waals surface area contributed by atoms with Crippen LogP contribution >= 0.6 is 0 Å². The molecule has 0 spiro atoms. The van der Waals surface area contributed by atoms with E-state index in [4.69, 9.17) is 4.74 Å². The number of methoxy groups -OCH3 is 1. The summed E-state index contributed by atoms with van der Waals surface area (Å²) in [7, 11) is 1.54. The van der Waals surface area contributed by atoms with E-state index >= 15 is 0 Å². The highest BCUT2D eigenvalue weighted by Crippen LogP contribution is 2.36. The van der Waals surface area contributed by atoms with Crippen molar-refractivity contribution in [2.24, 2.45) is 5.92 Å². The highest BCUT2D eigenvalue weighted by atomic mass is 16.5. The Kier molecular flexibility index (Phi) is 3.23. The van der Waals surface area contributed by atoms with Crippen LogP contribution in [0.2, 0.25) is 0 Å². The quantitative estimate of drug-likeness (QED) is 0.807. The molecule has 19 heavy (non-hydrogen) atoms. The van der Waals surface area contributed by atoms with Gasteiger partial charge in [0.2, 0.25) is 11.8 Å². The molecule has 1 saturated carbocycles. The van der Waals surface area contributed by atoms with Gasteiger partial charge >= 0.3 is 0 Å². The van der Waals surface area contributed by atoms with E-state index in [-0.39, 0.29) is 17.9 Å². The van der Waals surface area contributed by atoms with Crippen LogP contribution in [0.4, 0.5) is 11.5 Å². The number of amides is 1. The maximum absolute atomic E-state index is 12.4. The number of hydrogen-bond donors (Lipinski definition) is 2. The normalized spacial score (nSPS) is 26.1. The summed E-state index contributed by atoms with van der Waals surface area (Å²) in [5, 5.41) is 6.31. The number of anilines is 2. The molecule has 6 heteroatoms. The van der Waals surface area contributed by atoms with Crippen molar-refractivity contribution in [3.05, 3.63) is 6.33 Å². The van der Waals surface area contributed by atoms with Crippen LogP contribution in [0.25, 0.3) is 0 Å². The maximum Gasteiger partial charge on any atom is 0.242 e. The molecule has 1 aliphatic carbocycles. The molecule has 0 radical (unpaired) electrons. The number of carbonyl (C=O) groups excluding carboxylic acids is 1. The number of nitrogens with one attached hydrogen (secondary N) is 2. The van der Waals surface area contributed by atoms with Crippen LogP contribution < -0.4 is 15.4 Å². The van der Waals surface area contributed by atoms with Gasteiger partial charge in [0.05, 0.1) is 13.0 Å². The van der Waals surface area contributed by atoms with Crippen LogP contribution in [-0.2, 0) is 4.79 Å². The van der Waals surface area contributed by atoms with Crippen molar-refractivity contribution >= 4 is 17.4 Å². The van der Waals surface area contributed by atoms with Gasteiger partial charge < -0.3 is 15.4 Å². The molecule has 1 aromatic rings. The van der Waals surface area contributed by atoms with Gasteiger partial charge in [0.15, 0.2) is 5.82 Å². The van der Waals surface area contributed by atoms with Crippen LogP contribution in [-0.4, -0.2) is 29.0 Å². The van der Waals surface area contributed by atoms with Gasteiger partial charge in [-0.3, -0.25) is 4.79 Å². The lowest BCUT2D eigenvalue weighted by Gasteiger charge is -2.21. The second kappa shape index (κ2) is 5.03. The standard InChI is InChI=1S/C13H18N4O2/c1-19-13-10-11(14-7-15-13)16-9-6-4-2-3-5-8(9)12(18)17-10/h7-9H,2-6H2,1H3,(H,17,18)(H,14,15,16). The molecule has 102 valence electrons. The predicted molar refractivity (Wildman–Crippen MR) is 71.2 cm³/mol. The van der Waals surface area contributed by atoms with Crippen molar-refractivity contribution in [3.63, 3.8) is 0 Å². The summed E-state index contributed by atoms with van der Waals surface area (Å²) in [6, 6.07) is 0.156. The fourth-order valence-electron chi connectivity index (χ4n) is 2.93. The van der Waals surface area contributed by atoms with E-state index in [9.17, 15) is 4.79 Å². The molecule has 0 aromatic carbocycles. The first kappa shape index (κ1) is 12.2. The Morgan fingerprint density at radius 1 is 1.26 bits per heavy atom. The van der Waals surface area contributed by atoms with Gasteiger partial charge in [-0.15, -0.1) is 0 Å². The fourth-order valence-corrected chi connectivity index (χ4v) is 2.93. The lowest BCUT2D eigenvalue weighted by molar-refractivity contribution is -0.120. The SMILES string of the molecule is COc1ncnc2c1NC(=O)C1CCCCCC1N2. The summed E-state index contributed by atoms with van der Waals surface area (Å²) in [6.45, 7) is 0. The molecule has 0 bridgehead atoms. The average Bonchev–Trinajstić information content (AvgIpc) is 2.71. The number of aromatic nitrogens is 2. The lowest BCUT2D eigenvalue weighted by Crippen LogP contribution is -2.34. The van der Waals surface area contributed by atoms with Gasteiger partial charge in [0, 0.05) is 6.04 Å². The Morgan fingerprint density at radius 3 is 2.95 bits per heavy atom. The third kappa shape index (κ3) is 2.22. The van der Waals surface area contributed by atoms with E-state index in [0.29, 0.717) is 17.4 Å². The Balaban J connectivity index is 1.98. The summed E-state index contributed by atoms with van der Waals surface area (Å²) in [6.07, 6.45) is 6.83. The van der Waals surface area contributed by atoms with E-state index in [1.165, 1.54) is 19.9 Å². The van der Waals surface area contributed by atoms with Gasteiger partial charge in [0.25, 0.3) is 0 Å². The summed E-state index contributed by atoms with van der Waals surface area (Å²) in [5.74, 6) is 1.12. The molecule has 2 aliphatic rings. The van der Waals surface area contributed by atoms with Gasteiger partial charge in [-0.05, 0) is 12.8 Å². The van der Waals surface area contributed by atoms with Crippen LogP contribution in [0.15, 0.2) is 6.33 Å². The smallest absolute Gasteiger partial charge is 0.242 e. The van der Waals surface area contributed by atoms with Crippen molar-refractivity contribution in [2.75, 3.05) is 17.7 Å². The zero-order valence-electron chi connectivity index (χ0n) is 11.0. The third-order valence-corrected chi connectivity index (χ3v) is 3.93. The Bertz CT molecular complexity index is 492. The van der Waals surface area contributed by atoms with E-state index in [1.54, 1.807) is 0 Å². The summed E-state index contributed by atoms with van der Waals surface area (Å²) < 4.78 is 5.19. The number of carbonyl (C=O) groups is 1. The van der Waals surface area contributed by atoms with Crippen molar-refractivity contribution in [2.45, 2.75) is 38.1 Å². The molecule has 2 N–H and O–H groups in total.